The van der Waals surface area contributed by atoms with Gasteiger partial charge in [-0.1, -0.05) is 0 Å². The van der Waals surface area contributed by atoms with Crippen LogP contribution >= 0.6 is 0 Å². The predicted molar refractivity (Wildman–Crippen MR) is 72.3 cm³/mol. The van der Waals surface area contributed by atoms with Crippen LogP contribution in [0.3, 0.4) is 0 Å². The first-order valence-corrected chi connectivity index (χ1v) is 7.12. The molecule has 2 heterocycles. The van der Waals surface area contributed by atoms with Gasteiger partial charge in [-0.2, -0.15) is 0 Å². The average Bonchev–Trinajstić information content (AvgIpc) is 3.12. The van der Waals surface area contributed by atoms with Crippen molar-refractivity contribution in [1.82, 2.24) is 0 Å². The molecule has 0 aromatic rings. The van der Waals surface area contributed by atoms with Gasteiger partial charge in [0.25, 0.3) is 0 Å². The van der Waals surface area contributed by atoms with E-state index in [2.05, 4.69) is 4.74 Å². The number of ether oxygens (including phenoxy) is 6. The van der Waals surface area contributed by atoms with E-state index in [0.29, 0.717) is 6.42 Å². The molecule has 2 aliphatic heterocycles. The van der Waals surface area contributed by atoms with E-state index in [1.54, 1.807) is 0 Å². The lowest BCUT2D eigenvalue weighted by Gasteiger charge is -2.30. The predicted octanol–water partition coefficient (Wildman–Crippen LogP) is -0.937. The van der Waals surface area contributed by atoms with E-state index in [9.17, 15) is 14.4 Å². The molecular formula is C14H20O9. The molecule has 0 N–H and O–H groups in total. The summed E-state index contributed by atoms with van der Waals surface area (Å²) in [6, 6.07) is 0. The molecule has 5 atom stereocenters. The number of hydrogen-bond acceptors (Lipinski definition) is 9. The third kappa shape index (κ3) is 3.80. The van der Waals surface area contributed by atoms with Crippen molar-refractivity contribution in [1.29, 1.82) is 0 Å². The van der Waals surface area contributed by atoms with Crippen LogP contribution in [0.2, 0.25) is 0 Å². The van der Waals surface area contributed by atoms with Crippen LogP contribution in [0.1, 0.15) is 6.42 Å². The van der Waals surface area contributed by atoms with Crippen molar-refractivity contribution < 1.29 is 42.8 Å². The number of esters is 3. The van der Waals surface area contributed by atoms with E-state index < -0.39 is 42.3 Å². The zero-order chi connectivity index (χ0) is 17.0. The van der Waals surface area contributed by atoms with Crippen LogP contribution in [-0.2, 0) is 42.8 Å². The molecule has 9 nitrogen and oxygen atoms in total. The maximum absolute atomic E-state index is 11.8. The topological polar surface area (TPSA) is 107 Å². The Hall–Kier alpha value is -1.71. The summed E-state index contributed by atoms with van der Waals surface area (Å²) >= 11 is 0. The Bertz CT molecular complexity index is 463. The summed E-state index contributed by atoms with van der Waals surface area (Å²) in [6.07, 6.45) is -1.72. The second kappa shape index (κ2) is 7.71. The van der Waals surface area contributed by atoms with Gasteiger partial charge in [-0.05, 0) is 6.42 Å². The highest BCUT2D eigenvalue weighted by molar-refractivity contribution is 5.75. The molecule has 2 saturated heterocycles. The quantitative estimate of drug-likeness (QED) is 0.431. The molecule has 0 radical (unpaired) electrons. The van der Waals surface area contributed by atoms with Crippen molar-refractivity contribution in [2.75, 3.05) is 34.5 Å². The van der Waals surface area contributed by atoms with E-state index in [0.717, 1.165) is 0 Å². The van der Waals surface area contributed by atoms with Gasteiger partial charge in [0.15, 0.2) is 6.10 Å². The Morgan fingerprint density at radius 1 is 1.00 bits per heavy atom. The van der Waals surface area contributed by atoms with Crippen molar-refractivity contribution in [2.24, 2.45) is 5.92 Å². The van der Waals surface area contributed by atoms with Crippen LogP contribution in [0.4, 0.5) is 0 Å². The van der Waals surface area contributed by atoms with Gasteiger partial charge in [-0.25, -0.2) is 9.59 Å². The molecule has 0 aromatic heterocycles. The summed E-state index contributed by atoms with van der Waals surface area (Å²) in [5.74, 6) is -2.03. The van der Waals surface area contributed by atoms with Crippen LogP contribution in [0, 0.1) is 5.92 Å². The molecule has 0 aliphatic carbocycles. The SMILES string of the molecule is COC(=O)COCC(=O)OC1C2CC(C(=O)OC)[C@H](O2)[C@H]1OC. The molecular weight excluding hydrogens is 312 g/mol. The van der Waals surface area contributed by atoms with Crippen molar-refractivity contribution >= 4 is 17.9 Å². The van der Waals surface area contributed by atoms with Crippen molar-refractivity contribution in [2.45, 2.75) is 30.8 Å². The second-order valence-electron chi connectivity index (χ2n) is 5.23. The van der Waals surface area contributed by atoms with Crippen molar-refractivity contribution in [3.8, 4) is 0 Å². The first-order valence-electron chi connectivity index (χ1n) is 7.12. The van der Waals surface area contributed by atoms with Crippen LogP contribution in [0.15, 0.2) is 0 Å². The molecule has 2 aliphatic rings. The lowest BCUT2D eigenvalue weighted by molar-refractivity contribution is -0.166. The Kier molecular flexibility index (Phi) is 5.91. The van der Waals surface area contributed by atoms with Crippen molar-refractivity contribution in [3.63, 3.8) is 0 Å². The number of carbonyl (C=O) groups is 3. The highest BCUT2D eigenvalue weighted by Crippen LogP contribution is 2.42. The highest BCUT2D eigenvalue weighted by Gasteiger charge is 2.59. The molecule has 2 fully saturated rings. The Labute approximate surface area is 133 Å². The minimum Gasteiger partial charge on any atom is -0.469 e. The smallest absolute Gasteiger partial charge is 0.332 e. The number of carbonyl (C=O) groups excluding carboxylic acids is 3. The Balaban J connectivity index is 1.86. The van der Waals surface area contributed by atoms with Gasteiger partial charge in [0.1, 0.15) is 25.4 Å². The number of fused-ring (bicyclic) bond motifs is 2. The highest BCUT2D eigenvalue weighted by atomic mass is 16.6. The Morgan fingerprint density at radius 2 is 1.70 bits per heavy atom. The largest absolute Gasteiger partial charge is 0.469 e. The fraction of sp³-hybridized carbons (Fsp3) is 0.786. The van der Waals surface area contributed by atoms with Gasteiger partial charge < -0.3 is 28.4 Å². The summed E-state index contributed by atoms with van der Waals surface area (Å²) in [6.45, 7) is -0.725. The normalized spacial score (nSPS) is 31.7. The molecule has 0 amide bonds. The third-order valence-corrected chi connectivity index (χ3v) is 3.94. The van der Waals surface area contributed by atoms with Gasteiger partial charge >= 0.3 is 17.9 Å². The van der Waals surface area contributed by atoms with E-state index in [-0.39, 0.29) is 19.2 Å². The minimum absolute atomic E-state index is 0.336. The zero-order valence-electron chi connectivity index (χ0n) is 13.2. The zero-order valence-corrected chi connectivity index (χ0v) is 13.2. The maximum atomic E-state index is 11.8. The summed E-state index contributed by atoms with van der Waals surface area (Å²) in [4.78, 5) is 34.4. The molecule has 130 valence electrons. The van der Waals surface area contributed by atoms with Crippen LogP contribution in [0.25, 0.3) is 0 Å². The molecule has 23 heavy (non-hydrogen) atoms. The third-order valence-electron chi connectivity index (χ3n) is 3.94. The fourth-order valence-corrected chi connectivity index (χ4v) is 2.91. The molecule has 0 spiro atoms. The number of hydrogen-bond donors (Lipinski definition) is 0. The van der Waals surface area contributed by atoms with E-state index >= 15 is 0 Å². The van der Waals surface area contributed by atoms with Gasteiger partial charge in [-0.3, -0.25) is 4.79 Å². The molecule has 9 heteroatoms. The first kappa shape index (κ1) is 17.6. The van der Waals surface area contributed by atoms with E-state index in [1.165, 1.54) is 21.3 Å². The molecule has 2 rings (SSSR count). The Morgan fingerprint density at radius 3 is 2.30 bits per heavy atom. The summed E-state index contributed by atoms with van der Waals surface area (Å²) in [7, 11) is 3.99. The summed E-state index contributed by atoms with van der Waals surface area (Å²) in [5.41, 5.74) is 0. The fourth-order valence-electron chi connectivity index (χ4n) is 2.91. The second-order valence-corrected chi connectivity index (χ2v) is 5.23. The van der Waals surface area contributed by atoms with Gasteiger partial charge in [0, 0.05) is 7.11 Å². The monoisotopic (exact) mass is 332 g/mol. The van der Waals surface area contributed by atoms with Crippen LogP contribution < -0.4 is 0 Å². The molecule has 0 saturated carbocycles. The van der Waals surface area contributed by atoms with Gasteiger partial charge in [-0.15, -0.1) is 0 Å². The molecule has 3 unspecified atom stereocenters. The minimum atomic E-state index is -0.647. The number of methoxy groups -OCH3 is 3. The summed E-state index contributed by atoms with van der Waals surface area (Å²) < 4.78 is 30.3. The number of rotatable bonds is 7. The summed E-state index contributed by atoms with van der Waals surface area (Å²) in [5, 5.41) is 0. The van der Waals surface area contributed by atoms with E-state index in [4.69, 9.17) is 23.7 Å². The van der Waals surface area contributed by atoms with E-state index in [1.807, 2.05) is 0 Å². The van der Waals surface area contributed by atoms with Gasteiger partial charge in [0.2, 0.25) is 0 Å². The van der Waals surface area contributed by atoms with Gasteiger partial charge in [0.05, 0.1) is 26.2 Å². The van der Waals surface area contributed by atoms with Crippen molar-refractivity contribution in [3.05, 3.63) is 0 Å². The van der Waals surface area contributed by atoms with Crippen LogP contribution in [-0.4, -0.2) is 76.9 Å². The first-order chi connectivity index (χ1) is 11.0. The molecule has 0 aromatic carbocycles. The average molecular weight is 332 g/mol. The standard InChI is InChI=1S/C14H20O9/c1-18-9(15)5-21-6-10(16)23-12-8-4-7(14(17)20-3)11(22-8)13(12)19-2/h7-8,11-13H,4-6H2,1-3H3/t7?,8?,11-,12?,13+/m0/s1. The lowest BCUT2D eigenvalue weighted by atomic mass is 9.85. The molecule has 2 bridgehead atoms. The lowest BCUT2D eigenvalue weighted by Crippen LogP contribution is -2.47. The maximum Gasteiger partial charge on any atom is 0.332 e. The van der Waals surface area contributed by atoms with Crippen LogP contribution in [0.5, 0.6) is 0 Å².